The Morgan fingerprint density at radius 1 is 0.600 bits per heavy atom. The van der Waals surface area contributed by atoms with E-state index in [1.807, 2.05) is 6.92 Å². The van der Waals surface area contributed by atoms with Gasteiger partial charge in [0.2, 0.25) is 0 Å². The van der Waals surface area contributed by atoms with Gasteiger partial charge in [-0.15, -0.1) is 5.92 Å². The highest BCUT2D eigenvalue weighted by molar-refractivity contribution is 6.89. The van der Waals surface area contributed by atoms with E-state index in [1.165, 1.54) is 109 Å². The summed E-state index contributed by atoms with van der Waals surface area (Å²) >= 11 is 0. The average molecular weight is 427 g/mol. The molecular weight excluding hydrogens is 376 g/mol. The average Bonchev–Trinajstić information content (AvgIpc) is 2.74. The van der Waals surface area contributed by atoms with Crippen LogP contribution in [0.4, 0.5) is 0 Å². The molecule has 30 heavy (non-hydrogen) atoms. The van der Waals surface area contributed by atoms with Crippen molar-refractivity contribution >= 4 is 13.3 Å². The van der Waals surface area contributed by atoms with Crippen molar-refractivity contribution in [1.82, 2.24) is 0 Å². The van der Waals surface area contributed by atoms with Gasteiger partial charge in [0.25, 0.3) is 0 Å². The Kier molecular flexibility index (Phi) is 15.9. The molecule has 1 aromatic carbocycles. The molecule has 0 heterocycles. The molecular formula is C29H50Si. The molecule has 0 nitrogen and oxygen atoms in total. The normalized spacial score (nSPS) is 11.3. The van der Waals surface area contributed by atoms with Crippen LogP contribution >= 0.6 is 0 Å². The van der Waals surface area contributed by atoms with Crippen LogP contribution in [0.2, 0.25) is 19.1 Å². The van der Waals surface area contributed by atoms with Crippen LogP contribution in [0.3, 0.4) is 0 Å². The molecule has 0 aliphatic rings. The smallest absolute Gasteiger partial charge is 0.0806 e. The van der Waals surface area contributed by atoms with Gasteiger partial charge in [0, 0.05) is 5.56 Å². The van der Waals surface area contributed by atoms with Crippen LogP contribution in [0.15, 0.2) is 24.3 Å². The number of unbranched alkanes of at least 4 members (excludes halogenated alkanes) is 15. The maximum atomic E-state index is 3.15. The molecule has 0 saturated heterocycles. The second-order valence-electron chi connectivity index (χ2n) is 9.89. The minimum absolute atomic E-state index is 1.15. The summed E-state index contributed by atoms with van der Waals surface area (Å²) in [4.78, 5) is 0. The zero-order valence-corrected chi connectivity index (χ0v) is 21.8. The van der Waals surface area contributed by atoms with E-state index >= 15 is 0 Å². The van der Waals surface area contributed by atoms with Crippen molar-refractivity contribution in [2.45, 2.75) is 136 Å². The molecule has 1 rings (SSSR count). The van der Waals surface area contributed by atoms with Crippen molar-refractivity contribution in [3.05, 3.63) is 29.8 Å². The quantitative estimate of drug-likeness (QED) is 0.125. The Balaban J connectivity index is 1.94. The molecule has 0 aromatic heterocycles. The van der Waals surface area contributed by atoms with Gasteiger partial charge < -0.3 is 0 Å². The molecule has 0 amide bonds. The lowest BCUT2D eigenvalue weighted by molar-refractivity contribution is 0.531. The Bertz CT molecular complexity index is 573. The molecule has 1 heteroatoms. The zero-order chi connectivity index (χ0) is 21.9. The van der Waals surface area contributed by atoms with Crippen LogP contribution in [0.5, 0.6) is 0 Å². The summed E-state index contributed by atoms with van der Waals surface area (Å²) in [6, 6.07) is 10.5. The van der Waals surface area contributed by atoms with Crippen LogP contribution in [0.1, 0.15) is 122 Å². The van der Waals surface area contributed by atoms with Crippen LogP contribution < -0.4 is 5.19 Å². The topological polar surface area (TPSA) is 0 Å². The molecule has 1 aromatic rings. The molecule has 0 saturated carbocycles. The number of benzene rings is 1. The Hall–Kier alpha value is -1.00. The van der Waals surface area contributed by atoms with Crippen LogP contribution in [0, 0.1) is 11.8 Å². The van der Waals surface area contributed by atoms with Gasteiger partial charge in [0.1, 0.15) is 0 Å². The van der Waals surface area contributed by atoms with Crippen molar-refractivity contribution in [1.29, 1.82) is 0 Å². The first kappa shape index (κ1) is 27.0. The summed E-state index contributed by atoms with van der Waals surface area (Å²) in [5.41, 5.74) is 1.15. The number of rotatable bonds is 18. The minimum Gasteiger partial charge on any atom is -0.101 e. The fourth-order valence-corrected chi connectivity index (χ4v) is 6.90. The maximum absolute atomic E-state index is 3.15. The lowest BCUT2D eigenvalue weighted by atomic mass is 10.0. The highest BCUT2D eigenvalue weighted by Crippen LogP contribution is 2.18. The third-order valence-electron chi connectivity index (χ3n) is 6.59. The fraction of sp³-hybridized carbons (Fsp3) is 0.724. The summed E-state index contributed by atoms with van der Waals surface area (Å²) in [7, 11) is -1.28. The van der Waals surface area contributed by atoms with Crippen molar-refractivity contribution in [3.63, 3.8) is 0 Å². The monoisotopic (exact) mass is 426 g/mol. The maximum Gasteiger partial charge on any atom is 0.0806 e. The largest absolute Gasteiger partial charge is 0.101 e. The molecule has 0 aliphatic carbocycles. The number of hydrogen-bond acceptors (Lipinski definition) is 0. The second-order valence-corrected chi connectivity index (χ2v) is 14.7. The predicted molar refractivity (Wildman–Crippen MR) is 140 cm³/mol. The van der Waals surface area contributed by atoms with E-state index in [2.05, 4.69) is 56.1 Å². The molecule has 0 unspecified atom stereocenters. The van der Waals surface area contributed by atoms with E-state index in [0.29, 0.717) is 0 Å². The minimum atomic E-state index is -1.28. The molecule has 0 N–H and O–H groups in total. The fourth-order valence-electron chi connectivity index (χ4n) is 4.41. The molecule has 0 radical (unpaired) electrons. The first-order valence-electron chi connectivity index (χ1n) is 13.1. The van der Waals surface area contributed by atoms with E-state index in [-0.39, 0.29) is 0 Å². The summed E-state index contributed by atoms with van der Waals surface area (Å²) < 4.78 is 0. The lowest BCUT2D eigenvalue weighted by Gasteiger charge is -2.23. The Morgan fingerprint density at radius 3 is 1.40 bits per heavy atom. The SMILES string of the molecule is CC#Cc1ccc([Si](C)(C)CCCCCCCCCCCCCCCCCC)cc1. The molecule has 170 valence electrons. The van der Waals surface area contributed by atoms with Crippen molar-refractivity contribution in [2.75, 3.05) is 0 Å². The predicted octanol–water partition coefficient (Wildman–Crippen LogP) is 9.23. The van der Waals surface area contributed by atoms with Crippen LogP contribution in [-0.2, 0) is 0 Å². The van der Waals surface area contributed by atoms with Crippen molar-refractivity contribution < 1.29 is 0 Å². The third kappa shape index (κ3) is 13.3. The molecule has 0 fully saturated rings. The van der Waals surface area contributed by atoms with Gasteiger partial charge in [-0.05, 0) is 19.1 Å². The molecule has 0 bridgehead atoms. The lowest BCUT2D eigenvalue weighted by Crippen LogP contribution is -2.40. The van der Waals surface area contributed by atoms with Crippen molar-refractivity contribution in [2.24, 2.45) is 0 Å². The highest BCUT2D eigenvalue weighted by atomic mass is 28.3. The van der Waals surface area contributed by atoms with Gasteiger partial charge in [-0.2, -0.15) is 0 Å². The standard InChI is InChI=1S/C29H50Si/c1-5-7-8-9-10-11-12-13-14-15-16-17-18-19-20-21-27-30(3,4)29-25-23-28(22-6-2)24-26-29/h23-26H,5,7-21,27H2,1-4H3. The molecule has 0 aliphatic heterocycles. The van der Waals surface area contributed by atoms with E-state index < -0.39 is 8.07 Å². The van der Waals surface area contributed by atoms with Gasteiger partial charge in [-0.25, -0.2) is 0 Å². The van der Waals surface area contributed by atoms with Gasteiger partial charge >= 0.3 is 0 Å². The van der Waals surface area contributed by atoms with E-state index in [4.69, 9.17) is 0 Å². The van der Waals surface area contributed by atoms with E-state index in [9.17, 15) is 0 Å². The van der Waals surface area contributed by atoms with Crippen molar-refractivity contribution in [3.8, 4) is 11.8 Å². The Morgan fingerprint density at radius 2 is 1.00 bits per heavy atom. The highest BCUT2D eigenvalue weighted by Gasteiger charge is 2.22. The van der Waals surface area contributed by atoms with Gasteiger partial charge in [0.05, 0.1) is 8.07 Å². The second kappa shape index (κ2) is 17.7. The van der Waals surface area contributed by atoms with Crippen LogP contribution in [0.25, 0.3) is 0 Å². The first-order valence-corrected chi connectivity index (χ1v) is 16.3. The summed E-state index contributed by atoms with van der Waals surface area (Å²) in [6.07, 6.45) is 23.2. The van der Waals surface area contributed by atoms with E-state index in [0.717, 1.165) is 5.56 Å². The summed E-state index contributed by atoms with van der Waals surface area (Å²) in [6.45, 7) is 9.26. The zero-order valence-electron chi connectivity index (χ0n) is 20.8. The van der Waals surface area contributed by atoms with E-state index in [1.54, 1.807) is 5.19 Å². The van der Waals surface area contributed by atoms with Crippen LogP contribution in [-0.4, -0.2) is 8.07 Å². The third-order valence-corrected chi connectivity index (χ3v) is 10.1. The Labute approximate surface area is 190 Å². The molecule has 0 atom stereocenters. The van der Waals surface area contributed by atoms with Gasteiger partial charge in [-0.1, -0.05) is 152 Å². The summed E-state index contributed by atoms with van der Waals surface area (Å²) in [5, 5.41) is 1.59. The molecule has 0 spiro atoms. The summed E-state index contributed by atoms with van der Waals surface area (Å²) in [5.74, 6) is 6.14. The van der Waals surface area contributed by atoms with Gasteiger partial charge in [-0.3, -0.25) is 0 Å². The first-order chi connectivity index (χ1) is 14.6. The van der Waals surface area contributed by atoms with Gasteiger partial charge in [0.15, 0.2) is 0 Å². The number of hydrogen-bond donors (Lipinski definition) is 0.